The number of fused-ring (bicyclic) bond motifs is 1. The molecule has 7 N–H and O–H groups in total. The van der Waals surface area contributed by atoms with Crippen LogP contribution in [0.4, 0.5) is 0 Å². The minimum absolute atomic E-state index is 0.145. The second kappa shape index (κ2) is 4.92. The summed E-state index contributed by atoms with van der Waals surface area (Å²) in [6, 6.07) is 4.96. The quantitative estimate of drug-likeness (QED) is 0.353. The van der Waals surface area contributed by atoms with Crippen molar-refractivity contribution < 1.29 is 34.5 Å². The molecule has 2 heterocycles. The van der Waals surface area contributed by atoms with E-state index in [1.807, 2.05) is 0 Å². The molecule has 0 aromatic carbocycles. The lowest BCUT2D eigenvalue weighted by atomic mass is 10.3. The van der Waals surface area contributed by atoms with E-state index in [4.69, 9.17) is 0 Å². The van der Waals surface area contributed by atoms with E-state index in [1.165, 1.54) is 16.8 Å². The van der Waals surface area contributed by atoms with E-state index in [-0.39, 0.29) is 5.69 Å². The van der Waals surface area contributed by atoms with Crippen LogP contribution in [0.1, 0.15) is 5.69 Å². The average molecular weight is 324 g/mol. The van der Waals surface area contributed by atoms with Gasteiger partial charge in [-0.25, -0.2) is 4.98 Å². The first kappa shape index (κ1) is 15.7. The normalized spacial score (nSPS) is 13.9. The number of aliphatic hydroxyl groups is 1. The first-order valence-corrected chi connectivity index (χ1v) is 8.64. The number of hydrogen-bond acceptors (Lipinski definition) is 8. The fraction of sp³-hybridized carbons (Fsp3) is 0.222. The molecule has 0 fully saturated rings. The molecule has 0 radical (unpaired) electrons. The Morgan fingerprint density at radius 2 is 1.65 bits per heavy atom. The highest BCUT2D eigenvalue weighted by Gasteiger charge is 2.79. The van der Waals surface area contributed by atoms with Gasteiger partial charge < -0.3 is 9.51 Å². The molecule has 9 nitrogen and oxygen atoms in total. The van der Waals surface area contributed by atoms with Crippen molar-refractivity contribution in [2.24, 2.45) is 0 Å². The zero-order valence-corrected chi connectivity index (χ0v) is 11.8. The van der Waals surface area contributed by atoms with Gasteiger partial charge in [-0.1, -0.05) is 6.07 Å². The summed E-state index contributed by atoms with van der Waals surface area (Å²) in [7, 11) is -10.3. The van der Waals surface area contributed by atoms with Crippen LogP contribution in [0.2, 0.25) is 0 Å². The molecule has 110 valence electrons. The van der Waals surface area contributed by atoms with Crippen LogP contribution in [0.5, 0.6) is 0 Å². The molecular formula is C9H14N2O7P2+2. The fourth-order valence-electron chi connectivity index (χ4n) is 1.75. The van der Waals surface area contributed by atoms with Gasteiger partial charge in [0.15, 0.2) is 0 Å². The van der Waals surface area contributed by atoms with Crippen molar-refractivity contribution in [2.75, 3.05) is 0 Å². The largest absolute Gasteiger partial charge is 0.489 e. The number of rotatable bonds is 4. The minimum Gasteiger partial charge on any atom is -0.314 e. The minimum atomic E-state index is -5.16. The molecule has 2 rings (SSSR count). The van der Waals surface area contributed by atoms with Crippen molar-refractivity contribution in [3.8, 4) is 0 Å². The predicted octanol–water partition coefficient (Wildman–Crippen LogP) is -0.998. The summed E-state index contributed by atoms with van der Waals surface area (Å²) in [6.45, 7) is 0. The van der Waals surface area contributed by atoms with E-state index in [9.17, 15) is 34.5 Å². The molecule has 0 unspecified atom stereocenters. The smallest absolute Gasteiger partial charge is 0.314 e. The first-order chi connectivity index (χ1) is 9.06. The van der Waals surface area contributed by atoms with Gasteiger partial charge in [0.1, 0.15) is 12.1 Å². The molecule has 11 heteroatoms. The van der Waals surface area contributed by atoms with E-state index in [2.05, 4.69) is 4.98 Å². The summed E-state index contributed by atoms with van der Waals surface area (Å²) in [5.41, 5.74) is 0.603. The Bertz CT molecular complexity index is 605. The van der Waals surface area contributed by atoms with Crippen molar-refractivity contribution in [1.29, 1.82) is 0 Å². The monoisotopic (exact) mass is 324 g/mol. The highest BCUT2D eigenvalue weighted by molar-refractivity contribution is 7.78. The van der Waals surface area contributed by atoms with E-state index in [0.29, 0.717) is 5.65 Å². The third kappa shape index (κ3) is 2.56. The highest BCUT2D eigenvalue weighted by Crippen LogP contribution is 2.76. The van der Waals surface area contributed by atoms with Crippen LogP contribution < -0.4 is 0 Å². The lowest BCUT2D eigenvalue weighted by Crippen LogP contribution is -2.37. The Kier molecular flexibility index (Phi) is 3.85. The summed E-state index contributed by atoms with van der Waals surface area (Å²) in [6.07, 6.45) is 1.97. The zero-order chi connectivity index (χ0) is 15.2. The van der Waals surface area contributed by atoms with Crippen molar-refractivity contribution >= 4 is 21.5 Å². The topological polar surface area (TPSA) is 159 Å². The summed E-state index contributed by atoms with van der Waals surface area (Å²) in [5, 5.41) is 6.72. The van der Waals surface area contributed by atoms with Crippen LogP contribution in [0, 0.1) is 0 Å². The number of imidazole rings is 1. The van der Waals surface area contributed by atoms with Gasteiger partial charge in [-0.3, -0.25) is 0 Å². The number of aromatic nitrogens is 2. The van der Waals surface area contributed by atoms with Crippen LogP contribution in [0.15, 0.2) is 30.6 Å². The lowest BCUT2D eigenvalue weighted by molar-refractivity contribution is 0.103. The molecule has 0 amide bonds. The molecule has 0 saturated heterocycles. The molecule has 0 aliphatic heterocycles. The van der Waals surface area contributed by atoms with Gasteiger partial charge in [0.05, 0.1) is 5.69 Å². The SMILES string of the molecule is OC(Cc1cnc2ccccn12)([P+](O)(O)O)[P+](O)(O)O. The average Bonchev–Trinajstić information content (AvgIpc) is 2.70. The Morgan fingerprint density at radius 3 is 2.20 bits per heavy atom. The molecule has 0 aliphatic carbocycles. The predicted molar refractivity (Wildman–Crippen MR) is 71.0 cm³/mol. The van der Waals surface area contributed by atoms with Crippen molar-refractivity contribution in [1.82, 2.24) is 9.38 Å². The highest BCUT2D eigenvalue weighted by atomic mass is 31.3. The van der Waals surface area contributed by atoms with Crippen LogP contribution in [0.25, 0.3) is 5.65 Å². The van der Waals surface area contributed by atoms with Gasteiger partial charge in [0.2, 0.25) is 0 Å². The summed E-state index contributed by atoms with van der Waals surface area (Å²) < 4.78 is 1.43. The molecule has 0 aliphatic rings. The van der Waals surface area contributed by atoms with Gasteiger partial charge in [-0.15, -0.1) is 0 Å². The van der Waals surface area contributed by atoms with Crippen molar-refractivity contribution in [3.63, 3.8) is 0 Å². The Labute approximate surface area is 114 Å². The van der Waals surface area contributed by atoms with Gasteiger partial charge >= 0.3 is 21.0 Å². The number of pyridine rings is 1. The fourth-order valence-corrected chi connectivity index (χ4v) is 3.94. The number of nitrogens with zero attached hydrogens (tertiary/aromatic N) is 2. The molecule has 0 atom stereocenters. The molecule has 0 bridgehead atoms. The van der Waals surface area contributed by atoms with Crippen molar-refractivity contribution in [3.05, 3.63) is 36.3 Å². The molecule has 0 spiro atoms. The van der Waals surface area contributed by atoms with Crippen LogP contribution in [0.3, 0.4) is 0 Å². The zero-order valence-electron chi connectivity index (χ0n) is 10.0. The molecular weight excluding hydrogens is 310 g/mol. The Morgan fingerprint density at radius 1 is 1.05 bits per heavy atom. The molecule has 2 aromatic rings. The third-order valence-electron chi connectivity index (χ3n) is 2.87. The number of hydrogen-bond donors (Lipinski definition) is 7. The first-order valence-electron chi connectivity index (χ1n) is 5.34. The second-order valence-corrected chi connectivity index (χ2v) is 8.37. The van der Waals surface area contributed by atoms with E-state index in [1.54, 1.807) is 18.2 Å². The third-order valence-corrected chi connectivity index (χ3v) is 6.72. The van der Waals surface area contributed by atoms with Crippen molar-refractivity contribution in [2.45, 2.75) is 11.5 Å². The molecule has 20 heavy (non-hydrogen) atoms. The lowest BCUT2D eigenvalue weighted by Gasteiger charge is -2.24. The molecule has 2 aromatic heterocycles. The van der Waals surface area contributed by atoms with E-state index < -0.39 is 27.4 Å². The van der Waals surface area contributed by atoms with Gasteiger partial charge in [-0.2, -0.15) is 29.4 Å². The second-order valence-electron chi connectivity index (χ2n) is 4.27. The van der Waals surface area contributed by atoms with Crippen LogP contribution in [-0.2, 0) is 6.42 Å². The summed E-state index contributed by atoms with van der Waals surface area (Å²) in [4.78, 5) is 59.4. The summed E-state index contributed by atoms with van der Waals surface area (Å²) in [5.74, 6) is 0. The maximum absolute atomic E-state index is 9.97. The maximum atomic E-state index is 9.97. The molecule has 0 saturated carbocycles. The Balaban J connectivity index is 2.49. The maximum Gasteiger partial charge on any atom is 0.489 e. The van der Waals surface area contributed by atoms with Gasteiger partial charge in [0.25, 0.3) is 0 Å². The van der Waals surface area contributed by atoms with E-state index >= 15 is 0 Å². The standard InChI is InChI=1S/C9H14N2O7P2/c12-9(19(13,14)15,20(16,17)18)5-7-6-10-8-3-1-2-4-11(7)8/h1-4,6,12-18H,5H2/q+2. The van der Waals surface area contributed by atoms with Gasteiger partial charge in [-0.05, 0) is 12.1 Å². The Hall–Kier alpha value is -0.730. The summed E-state index contributed by atoms with van der Waals surface area (Å²) >= 11 is 0. The van der Waals surface area contributed by atoms with E-state index in [0.717, 1.165) is 0 Å². The van der Waals surface area contributed by atoms with Crippen LogP contribution >= 0.6 is 15.9 Å². The van der Waals surface area contributed by atoms with Crippen LogP contribution in [-0.4, -0.2) is 48.9 Å². The van der Waals surface area contributed by atoms with Gasteiger partial charge in [0, 0.05) is 12.4 Å².